The van der Waals surface area contributed by atoms with Crippen molar-refractivity contribution in [2.45, 2.75) is 0 Å². The Morgan fingerprint density at radius 2 is 0.714 bits per heavy atom. The van der Waals surface area contributed by atoms with Crippen molar-refractivity contribution in [3.05, 3.63) is 146 Å². The predicted octanol–water partition coefficient (Wildman–Crippen LogP) is 10.7. The minimum Gasteiger partial charge on any atom is -0.253 e. The summed E-state index contributed by atoms with van der Waals surface area (Å²) in [5.41, 5.74) is 6.47. The molecule has 0 amide bonds. The first-order valence-electron chi connectivity index (χ1n) is 14.3. The van der Waals surface area contributed by atoms with Gasteiger partial charge < -0.3 is 0 Å². The molecule has 2 heteroatoms. The van der Waals surface area contributed by atoms with Crippen molar-refractivity contribution in [2.75, 3.05) is 0 Å². The Hall–Kier alpha value is -5.60. The summed E-state index contributed by atoms with van der Waals surface area (Å²) in [6.45, 7) is 0. The highest BCUT2D eigenvalue weighted by molar-refractivity contribution is 6.09. The molecule has 0 unspecified atom stereocenters. The average molecular weight is 533 g/mol. The van der Waals surface area contributed by atoms with Gasteiger partial charge in [0.1, 0.15) is 0 Å². The van der Waals surface area contributed by atoms with Crippen molar-refractivity contribution in [3.63, 3.8) is 0 Å². The molecule has 0 spiro atoms. The van der Waals surface area contributed by atoms with Crippen molar-refractivity contribution in [1.82, 2.24) is 9.97 Å². The summed E-state index contributed by atoms with van der Waals surface area (Å²) in [5.74, 6) is 0. The van der Waals surface area contributed by atoms with Gasteiger partial charge in [0.05, 0.1) is 11.0 Å². The minimum absolute atomic E-state index is 0.928. The maximum atomic E-state index is 4.98. The van der Waals surface area contributed by atoms with Crippen molar-refractivity contribution in [1.29, 1.82) is 0 Å². The Bertz CT molecular complexity index is 2350. The molecule has 2 heterocycles. The second kappa shape index (κ2) is 8.95. The van der Waals surface area contributed by atoms with Gasteiger partial charge in [-0.1, -0.05) is 97.1 Å². The first kappa shape index (κ1) is 23.1. The summed E-state index contributed by atoms with van der Waals surface area (Å²) in [7, 11) is 0. The maximum absolute atomic E-state index is 4.98. The fraction of sp³-hybridized carbons (Fsp3) is 0. The third-order valence-corrected chi connectivity index (χ3v) is 8.62. The van der Waals surface area contributed by atoms with Crippen LogP contribution in [0, 0.1) is 0 Å². The van der Waals surface area contributed by atoms with Gasteiger partial charge in [-0.25, -0.2) is 0 Å². The number of pyridine rings is 2. The topological polar surface area (TPSA) is 25.8 Å². The van der Waals surface area contributed by atoms with Gasteiger partial charge in [-0.05, 0) is 90.6 Å². The van der Waals surface area contributed by atoms with Gasteiger partial charge in [-0.3, -0.25) is 9.97 Å². The zero-order valence-corrected chi connectivity index (χ0v) is 22.8. The third kappa shape index (κ3) is 3.59. The van der Waals surface area contributed by atoms with E-state index in [1.807, 2.05) is 12.4 Å². The van der Waals surface area contributed by atoms with Crippen LogP contribution in [-0.2, 0) is 0 Å². The molecule has 0 radical (unpaired) electrons. The largest absolute Gasteiger partial charge is 0.253 e. The van der Waals surface area contributed by atoms with E-state index in [4.69, 9.17) is 9.97 Å². The summed E-state index contributed by atoms with van der Waals surface area (Å²) in [4.78, 5) is 9.96. The van der Waals surface area contributed by atoms with Crippen molar-refractivity contribution in [2.24, 2.45) is 0 Å². The highest BCUT2D eigenvalue weighted by Gasteiger charge is 2.12. The molecule has 0 saturated heterocycles. The second-order valence-corrected chi connectivity index (χ2v) is 11.1. The molecule has 0 N–H and O–H groups in total. The number of rotatable bonds is 2. The molecule has 0 atom stereocenters. The van der Waals surface area contributed by atoms with Crippen LogP contribution in [0.25, 0.3) is 87.1 Å². The van der Waals surface area contributed by atoms with Gasteiger partial charge in [-0.2, -0.15) is 0 Å². The van der Waals surface area contributed by atoms with Crippen LogP contribution < -0.4 is 0 Å². The lowest BCUT2D eigenvalue weighted by Crippen LogP contribution is -1.90. The molecule has 9 rings (SSSR count). The van der Waals surface area contributed by atoms with Crippen LogP contribution >= 0.6 is 0 Å². The Kier molecular flexibility index (Phi) is 4.93. The molecule has 0 aliphatic carbocycles. The first-order chi connectivity index (χ1) is 20.8. The molecule has 2 aromatic heterocycles. The highest BCUT2D eigenvalue weighted by atomic mass is 14.7. The number of nitrogens with zero attached hydrogens (tertiary/aromatic N) is 2. The maximum Gasteiger partial charge on any atom is 0.0965 e. The molecule has 0 aliphatic rings. The molecule has 0 fully saturated rings. The lowest BCUT2D eigenvalue weighted by Gasteiger charge is -2.11. The van der Waals surface area contributed by atoms with Crippen LogP contribution in [0.2, 0.25) is 0 Å². The van der Waals surface area contributed by atoms with Gasteiger partial charge in [0.15, 0.2) is 0 Å². The van der Waals surface area contributed by atoms with Gasteiger partial charge in [0, 0.05) is 34.3 Å². The summed E-state index contributed by atoms with van der Waals surface area (Å²) in [5, 5.41) is 12.1. The number of aromatic nitrogens is 2. The van der Waals surface area contributed by atoms with E-state index < -0.39 is 0 Å². The van der Waals surface area contributed by atoms with Crippen LogP contribution in [0.4, 0.5) is 0 Å². The van der Waals surface area contributed by atoms with Gasteiger partial charge >= 0.3 is 0 Å². The van der Waals surface area contributed by atoms with Crippen LogP contribution in [0.5, 0.6) is 0 Å². The van der Waals surface area contributed by atoms with Crippen molar-refractivity contribution >= 4 is 64.9 Å². The Morgan fingerprint density at radius 1 is 0.310 bits per heavy atom. The van der Waals surface area contributed by atoms with Gasteiger partial charge in [0.2, 0.25) is 0 Å². The Balaban J connectivity index is 1.17. The molecule has 0 bridgehead atoms. The zero-order chi connectivity index (χ0) is 27.6. The molecule has 7 aromatic carbocycles. The summed E-state index contributed by atoms with van der Waals surface area (Å²) in [6, 6.07) is 48.1. The molecule has 9 aromatic rings. The fourth-order valence-electron chi connectivity index (χ4n) is 6.52. The standard InChI is InChI=1S/C40H24N2/c1-3-9-27-21-37-29(17-25(27)7-1)11-5-13-35(37)33-19-31-15-16-32-20-34(24-42-40(32)39(31)41-23-33)36-14-6-12-30-18-26-8-2-4-10-28(26)22-38(30)36/h1-24H. The molecule has 2 nitrogen and oxygen atoms in total. The van der Waals surface area contributed by atoms with Crippen LogP contribution in [0.15, 0.2) is 146 Å². The van der Waals surface area contributed by atoms with E-state index in [0.717, 1.165) is 32.9 Å². The predicted molar refractivity (Wildman–Crippen MR) is 178 cm³/mol. The van der Waals surface area contributed by atoms with Gasteiger partial charge in [-0.15, -0.1) is 0 Å². The Labute approximate surface area is 242 Å². The summed E-state index contributed by atoms with van der Waals surface area (Å²) in [6.07, 6.45) is 3.99. The quantitative estimate of drug-likeness (QED) is 0.163. The van der Waals surface area contributed by atoms with E-state index in [9.17, 15) is 0 Å². The minimum atomic E-state index is 0.928. The van der Waals surface area contributed by atoms with E-state index in [1.54, 1.807) is 0 Å². The Morgan fingerprint density at radius 3 is 1.17 bits per heavy atom. The van der Waals surface area contributed by atoms with Gasteiger partial charge in [0.25, 0.3) is 0 Å². The average Bonchev–Trinajstić information content (AvgIpc) is 3.05. The van der Waals surface area contributed by atoms with E-state index >= 15 is 0 Å². The first-order valence-corrected chi connectivity index (χ1v) is 14.3. The number of fused-ring (bicyclic) bond motifs is 7. The normalized spacial score (nSPS) is 11.8. The molecule has 194 valence electrons. The number of hydrogen-bond donors (Lipinski definition) is 0. The lowest BCUT2D eigenvalue weighted by atomic mass is 9.95. The number of hydrogen-bond acceptors (Lipinski definition) is 2. The summed E-state index contributed by atoms with van der Waals surface area (Å²) >= 11 is 0. The van der Waals surface area contributed by atoms with E-state index in [-0.39, 0.29) is 0 Å². The van der Waals surface area contributed by atoms with Crippen LogP contribution in [0.1, 0.15) is 0 Å². The SMILES string of the molecule is c1ccc2cc3c(-c4cnc5c(ccc6cc(-c7cccc8cc9ccccc9cc78)cnc65)c4)cccc3cc2c1. The molecular formula is C40H24N2. The number of benzene rings is 7. The zero-order valence-electron chi connectivity index (χ0n) is 22.8. The molecular weight excluding hydrogens is 508 g/mol. The molecule has 0 aliphatic heterocycles. The summed E-state index contributed by atoms with van der Waals surface area (Å²) < 4.78 is 0. The highest BCUT2D eigenvalue weighted by Crippen LogP contribution is 2.36. The van der Waals surface area contributed by atoms with E-state index in [1.165, 1.54) is 54.2 Å². The molecule has 42 heavy (non-hydrogen) atoms. The van der Waals surface area contributed by atoms with Crippen LogP contribution in [-0.4, -0.2) is 9.97 Å². The third-order valence-electron chi connectivity index (χ3n) is 8.62. The van der Waals surface area contributed by atoms with E-state index in [0.29, 0.717) is 0 Å². The van der Waals surface area contributed by atoms with Crippen LogP contribution in [0.3, 0.4) is 0 Å². The monoisotopic (exact) mass is 532 g/mol. The smallest absolute Gasteiger partial charge is 0.0965 e. The molecule has 0 saturated carbocycles. The van der Waals surface area contributed by atoms with Crippen molar-refractivity contribution in [3.8, 4) is 22.3 Å². The fourth-order valence-corrected chi connectivity index (χ4v) is 6.52. The van der Waals surface area contributed by atoms with Crippen molar-refractivity contribution < 1.29 is 0 Å². The lowest BCUT2D eigenvalue weighted by molar-refractivity contribution is 1.37. The van der Waals surface area contributed by atoms with E-state index in [2.05, 4.69) is 133 Å². The second-order valence-electron chi connectivity index (χ2n) is 11.1.